The molecule has 0 atom stereocenters. The van der Waals surface area contributed by atoms with Crippen molar-refractivity contribution < 1.29 is 4.79 Å². The van der Waals surface area contributed by atoms with Gasteiger partial charge in [-0.05, 0) is 18.4 Å². The lowest BCUT2D eigenvalue weighted by Gasteiger charge is -2.32. The lowest BCUT2D eigenvalue weighted by molar-refractivity contribution is -0.131. The third-order valence-corrected chi connectivity index (χ3v) is 4.32. The van der Waals surface area contributed by atoms with E-state index in [-0.39, 0.29) is 5.91 Å². The molecule has 2 heterocycles. The molecule has 4 nitrogen and oxygen atoms in total. The highest BCUT2D eigenvalue weighted by Gasteiger charge is 2.25. The molecule has 0 bridgehead atoms. The molecule has 110 valence electrons. The Morgan fingerprint density at radius 3 is 2.57 bits per heavy atom. The monoisotopic (exact) mass is 283 g/mol. The summed E-state index contributed by atoms with van der Waals surface area (Å²) in [5.74, 6) is 0.767. The van der Waals surface area contributed by atoms with Crippen LogP contribution in [0.2, 0.25) is 0 Å². The minimum atomic E-state index is 0.240. The van der Waals surface area contributed by atoms with E-state index in [9.17, 15) is 4.79 Å². The number of rotatable bonds is 3. The van der Waals surface area contributed by atoms with E-state index in [1.807, 2.05) is 54.8 Å². The zero-order chi connectivity index (χ0) is 14.7. The lowest BCUT2D eigenvalue weighted by Crippen LogP contribution is -2.39. The minimum Gasteiger partial charge on any atom is -0.342 e. The standard InChI is InChI=1S/C17H21N3O/c1-19-13-18-12-16(19)15-7-9-20(10-8-15)17(21)11-14-5-3-2-4-6-14/h2-6,12-13,15H,7-11H2,1H3. The second-order valence-electron chi connectivity index (χ2n) is 5.75. The van der Waals surface area contributed by atoms with Crippen LogP contribution in [0.25, 0.3) is 0 Å². The number of nitrogens with zero attached hydrogens (tertiary/aromatic N) is 3. The van der Waals surface area contributed by atoms with E-state index >= 15 is 0 Å². The van der Waals surface area contributed by atoms with E-state index in [1.54, 1.807) is 0 Å². The van der Waals surface area contributed by atoms with Gasteiger partial charge in [-0.25, -0.2) is 4.98 Å². The van der Waals surface area contributed by atoms with E-state index in [4.69, 9.17) is 0 Å². The van der Waals surface area contributed by atoms with Crippen LogP contribution in [0.5, 0.6) is 0 Å². The number of carbonyl (C=O) groups excluding carboxylic acids is 1. The molecular weight excluding hydrogens is 262 g/mol. The maximum absolute atomic E-state index is 12.3. The van der Waals surface area contributed by atoms with Crippen LogP contribution in [0.1, 0.15) is 30.0 Å². The van der Waals surface area contributed by atoms with E-state index in [1.165, 1.54) is 5.69 Å². The van der Waals surface area contributed by atoms with Gasteiger partial charge in [-0.3, -0.25) is 4.79 Å². The summed E-state index contributed by atoms with van der Waals surface area (Å²) in [5, 5.41) is 0. The quantitative estimate of drug-likeness (QED) is 0.867. The Bertz CT molecular complexity index is 598. The van der Waals surface area contributed by atoms with Crippen LogP contribution in [0.3, 0.4) is 0 Å². The second-order valence-corrected chi connectivity index (χ2v) is 5.75. The number of aryl methyl sites for hydroxylation is 1. The molecule has 0 spiro atoms. The molecule has 1 aromatic heterocycles. The van der Waals surface area contributed by atoms with Crippen molar-refractivity contribution in [3.63, 3.8) is 0 Å². The van der Waals surface area contributed by atoms with Gasteiger partial charge in [-0.15, -0.1) is 0 Å². The summed E-state index contributed by atoms with van der Waals surface area (Å²) in [4.78, 5) is 18.5. The fourth-order valence-corrected chi connectivity index (χ4v) is 3.07. The maximum Gasteiger partial charge on any atom is 0.226 e. The number of imidazole rings is 1. The molecule has 2 aromatic rings. The van der Waals surface area contributed by atoms with Gasteiger partial charge in [0.05, 0.1) is 12.7 Å². The SMILES string of the molecule is Cn1cncc1C1CCN(C(=O)Cc2ccccc2)CC1. The first-order chi connectivity index (χ1) is 10.2. The van der Waals surface area contributed by atoms with Gasteiger partial charge in [0.2, 0.25) is 5.91 Å². The molecule has 21 heavy (non-hydrogen) atoms. The van der Waals surface area contributed by atoms with Crippen molar-refractivity contribution in [2.45, 2.75) is 25.2 Å². The summed E-state index contributed by atoms with van der Waals surface area (Å²) >= 11 is 0. The molecule has 0 unspecified atom stereocenters. The number of likely N-dealkylation sites (tertiary alicyclic amines) is 1. The smallest absolute Gasteiger partial charge is 0.226 e. The first kappa shape index (κ1) is 13.9. The van der Waals surface area contributed by atoms with Crippen molar-refractivity contribution in [2.75, 3.05) is 13.1 Å². The average molecular weight is 283 g/mol. The molecule has 3 rings (SSSR count). The lowest BCUT2D eigenvalue weighted by atomic mass is 9.93. The fourth-order valence-electron chi connectivity index (χ4n) is 3.07. The normalized spacial score (nSPS) is 16.1. The molecule has 0 saturated carbocycles. The van der Waals surface area contributed by atoms with Crippen LogP contribution >= 0.6 is 0 Å². The zero-order valence-corrected chi connectivity index (χ0v) is 12.4. The first-order valence-electron chi connectivity index (χ1n) is 7.52. The van der Waals surface area contributed by atoms with E-state index in [0.717, 1.165) is 31.5 Å². The highest BCUT2D eigenvalue weighted by molar-refractivity contribution is 5.78. The van der Waals surface area contributed by atoms with Gasteiger partial charge in [-0.1, -0.05) is 30.3 Å². The summed E-state index contributed by atoms with van der Waals surface area (Å²) in [6, 6.07) is 9.97. The van der Waals surface area contributed by atoms with E-state index < -0.39 is 0 Å². The van der Waals surface area contributed by atoms with E-state index in [0.29, 0.717) is 12.3 Å². The third-order valence-electron chi connectivity index (χ3n) is 4.32. The highest BCUT2D eigenvalue weighted by Crippen LogP contribution is 2.27. The van der Waals surface area contributed by atoms with Crippen LogP contribution in [0.4, 0.5) is 0 Å². The molecule has 1 aliphatic rings. The molecule has 0 radical (unpaired) electrons. The molecule has 0 N–H and O–H groups in total. The maximum atomic E-state index is 12.3. The van der Waals surface area contributed by atoms with Crippen molar-refractivity contribution in [1.82, 2.24) is 14.5 Å². The van der Waals surface area contributed by atoms with Gasteiger partial charge in [-0.2, -0.15) is 0 Å². The van der Waals surface area contributed by atoms with Gasteiger partial charge >= 0.3 is 0 Å². The molecule has 1 fully saturated rings. The van der Waals surface area contributed by atoms with Crippen LogP contribution in [0, 0.1) is 0 Å². The number of aromatic nitrogens is 2. The van der Waals surface area contributed by atoms with Crippen molar-refractivity contribution in [3.8, 4) is 0 Å². The van der Waals surface area contributed by atoms with Gasteiger partial charge in [0.25, 0.3) is 0 Å². The summed E-state index contributed by atoms with van der Waals surface area (Å²) in [6.45, 7) is 1.70. The Labute approximate surface area is 125 Å². The third kappa shape index (κ3) is 3.15. The Morgan fingerprint density at radius 2 is 1.95 bits per heavy atom. The van der Waals surface area contributed by atoms with Crippen LogP contribution < -0.4 is 0 Å². The topological polar surface area (TPSA) is 38.1 Å². The number of hydrogen-bond donors (Lipinski definition) is 0. The largest absolute Gasteiger partial charge is 0.342 e. The summed E-state index contributed by atoms with van der Waals surface area (Å²) in [6.07, 6.45) is 6.37. The van der Waals surface area contributed by atoms with Crippen molar-refractivity contribution in [1.29, 1.82) is 0 Å². The Morgan fingerprint density at radius 1 is 1.24 bits per heavy atom. The average Bonchev–Trinajstić information content (AvgIpc) is 2.94. The van der Waals surface area contributed by atoms with Gasteiger partial charge < -0.3 is 9.47 Å². The number of benzene rings is 1. The van der Waals surface area contributed by atoms with Crippen molar-refractivity contribution in [3.05, 3.63) is 54.1 Å². The minimum absolute atomic E-state index is 0.240. The number of piperidine rings is 1. The molecule has 4 heteroatoms. The van der Waals surface area contributed by atoms with Crippen LogP contribution in [0.15, 0.2) is 42.9 Å². The number of hydrogen-bond acceptors (Lipinski definition) is 2. The van der Waals surface area contributed by atoms with E-state index in [2.05, 4.69) is 9.55 Å². The molecule has 1 saturated heterocycles. The van der Waals surface area contributed by atoms with Gasteiger partial charge in [0.1, 0.15) is 0 Å². The summed E-state index contributed by atoms with van der Waals surface area (Å²) < 4.78 is 2.09. The summed E-state index contributed by atoms with van der Waals surface area (Å²) in [5.41, 5.74) is 2.38. The predicted molar refractivity (Wildman–Crippen MR) is 81.9 cm³/mol. The number of carbonyl (C=O) groups is 1. The molecule has 0 aliphatic carbocycles. The summed E-state index contributed by atoms with van der Waals surface area (Å²) in [7, 11) is 2.04. The molecule has 1 amide bonds. The predicted octanol–water partition coefficient (Wildman–Crippen LogP) is 2.37. The van der Waals surface area contributed by atoms with Crippen LogP contribution in [-0.4, -0.2) is 33.4 Å². The van der Waals surface area contributed by atoms with Crippen molar-refractivity contribution >= 4 is 5.91 Å². The molecule has 1 aromatic carbocycles. The van der Waals surface area contributed by atoms with Gasteiger partial charge in [0.15, 0.2) is 0 Å². The Kier molecular flexibility index (Phi) is 4.04. The molecular formula is C17H21N3O. The number of amides is 1. The Hall–Kier alpha value is -2.10. The first-order valence-corrected chi connectivity index (χ1v) is 7.52. The van der Waals surface area contributed by atoms with Crippen molar-refractivity contribution in [2.24, 2.45) is 7.05 Å². The van der Waals surface area contributed by atoms with Gasteiger partial charge in [0, 0.05) is 37.9 Å². The highest BCUT2D eigenvalue weighted by atomic mass is 16.2. The Balaban J connectivity index is 1.56. The second kappa shape index (κ2) is 6.12. The fraction of sp³-hybridized carbons (Fsp3) is 0.412. The zero-order valence-electron chi connectivity index (χ0n) is 12.4. The molecule has 1 aliphatic heterocycles. The van der Waals surface area contributed by atoms with Crippen LogP contribution in [-0.2, 0) is 18.3 Å².